The molecule has 2 aromatic carbocycles. The maximum Gasteiger partial charge on any atom is 0.387 e. The number of aromatic nitrogens is 1. The van der Waals surface area contributed by atoms with Crippen molar-refractivity contribution in [2.45, 2.75) is 38.5 Å². The standard InChI is InChI=1S/C34H29Cl2F2N3O8S2/c1-51(45,46)41(16-22-3-2-10-50-22)21-7-8-23-24(12-21)33(44)40(32(23)43)17-31(42)48-29(13-25-26(35)14-39-15-27(25)36)20-6-9-28(49-34(37)38)30(11-20)47-18-19-4-5-19/h2-3,6-12,14-15,19,29,34H,4-5,13,16-18H2,1H3/t29-/m0/s1. The molecule has 0 N–H and O–H groups in total. The Hall–Kier alpha value is -4.31. The minimum atomic E-state index is -3.78. The van der Waals surface area contributed by atoms with Gasteiger partial charge in [-0.3, -0.25) is 28.6 Å². The summed E-state index contributed by atoms with van der Waals surface area (Å²) in [5, 5.41) is 2.15. The normalized spacial score (nSPS) is 14.8. The van der Waals surface area contributed by atoms with Crippen molar-refractivity contribution in [2.24, 2.45) is 5.92 Å². The second-order valence-corrected chi connectivity index (χ2v) is 15.6. The van der Waals surface area contributed by atoms with Crippen molar-refractivity contribution < 1.29 is 45.8 Å². The van der Waals surface area contributed by atoms with Crippen LogP contribution < -0.4 is 13.8 Å². The first-order chi connectivity index (χ1) is 24.3. The van der Waals surface area contributed by atoms with E-state index in [1.165, 1.54) is 60.1 Å². The Labute approximate surface area is 305 Å². The van der Waals surface area contributed by atoms with Crippen molar-refractivity contribution in [3.05, 3.63) is 103 Å². The molecule has 1 fully saturated rings. The Balaban J connectivity index is 1.25. The Morgan fingerprint density at radius 1 is 1.04 bits per heavy atom. The Morgan fingerprint density at radius 2 is 1.76 bits per heavy atom. The van der Waals surface area contributed by atoms with Gasteiger partial charge in [-0.25, -0.2) is 8.42 Å². The van der Waals surface area contributed by atoms with Crippen molar-refractivity contribution in [3.63, 3.8) is 0 Å². The van der Waals surface area contributed by atoms with Crippen molar-refractivity contribution >= 4 is 68.0 Å². The zero-order chi connectivity index (χ0) is 36.4. The lowest BCUT2D eigenvalue weighted by Gasteiger charge is -2.23. The number of anilines is 1. The SMILES string of the molecule is CS(=O)(=O)N(Cc1cccs1)c1ccc2c(c1)C(=O)N(CC(=O)O[C@@H](Cc1c(Cl)cncc1Cl)c1ccc(OC(F)F)c(OCC3CC3)c1)C2=O. The highest BCUT2D eigenvalue weighted by Crippen LogP contribution is 2.38. The molecule has 0 saturated heterocycles. The summed E-state index contributed by atoms with van der Waals surface area (Å²) < 4.78 is 69.2. The Morgan fingerprint density at radius 3 is 2.41 bits per heavy atom. The molecule has 0 bridgehead atoms. The molecule has 2 aliphatic rings. The van der Waals surface area contributed by atoms with Gasteiger partial charge in [0.25, 0.3) is 11.8 Å². The van der Waals surface area contributed by atoms with Crippen LogP contribution in [-0.2, 0) is 32.5 Å². The summed E-state index contributed by atoms with van der Waals surface area (Å²) in [6.45, 7) is -3.62. The number of nitrogens with zero attached hydrogens (tertiary/aromatic N) is 3. The zero-order valence-electron chi connectivity index (χ0n) is 26.8. The first-order valence-corrected chi connectivity index (χ1v) is 19.0. The highest BCUT2D eigenvalue weighted by atomic mass is 35.5. The van der Waals surface area contributed by atoms with Crippen LogP contribution in [0.25, 0.3) is 0 Å². The number of carbonyl (C=O) groups is 3. The van der Waals surface area contributed by atoms with E-state index in [2.05, 4.69) is 9.72 Å². The second-order valence-electron chi connectivity index (χ2n) is 11.9. The van der Waals surface area contributed by atoms with Gasteiger partial charge in [-0.05, 0) is 71.7 Å². The molecule has 0 spiro atoms. The molecule has 3 heterocycles. The van der Waals surface area contributed by atoms with Crippen LogP contribution in [0.2, 0.25) is 10.0 Å². The van der Waals surface area contributed by atoms with E-state index in [0.717, 1.165) is 28.3 Å². The molecular formula is C34H29Cl2F2N3O8S2. The molecule has 2 amide bonds. The fourth-order valence-corrected chi connectivity index (χ4v) is 7.58. The predicted molar refractivity (Wildman–Crippen MR) is 185 cm³/mol. The molecule has 51 heavy (non-hydrogen) atoms. The molecule has 268 valence electrons. The number of halogens is 4. The third-order valence-corrected chi connectivity index (χ3v) is 10.8. The maximum absolute atomic E-state index is 13.5. The molecule has 1 saturated carbocycles. The average molecular weight is 781 g/mol. The molecule has 4 aromatic rings. The fraction of sp³-hybridized carbons (Fsp3) is 0.294. The van der Waals surface area contributed by atoms with Gasteiger partial charge in [0.1, 0.15) is 12.6 Å². The summed E-state index contributed by atoms with van der Waals surface area (Å²) in [7, 11) is -3.78. The summed E-state index contributed by atoms with van der Waals surface area (Å²) in [6, 6.07) is 11.7. The fourth-order valence-electron chi connectivity index (χ4n) is 5.42. The Kier molecular flexibility index (Phi) is 10.8. The lowest BCUT2D eigenvalue weighted by Crippen LogP contribution is -2.36. The average Bonchev–Trinajstić information content (AvgIpc) is 3.70. The van der Waals surface area contributed by atoms with E-state index in [1.807, 2.05) is 0 Å². The molecule has 1 atom stereocenters. The number of imide groups is 1. The second kappa shape index (κ2) is 15.1. The third kappa shape index (κ3) is 8.60. The number of fused-ring (bicyclic) bond motifs is 1. The topological polar surface area (TPSA) is 132 Å². The number of amides is 2. The van der Waals surface area contributed by atoms with Crippen molar-refractivity contribution in [1.82, 2.24) is 9.88 Å². The highest BCUT2D eigenvalue weighted by Gasteiger charge is 2.38. The molecule has 0 unspecified atom stereocenters. The molecule has 1 aliphatic heterocycles. The van der Waals surface area contributed by atoms with Crippen molar-refractivity contribution in [3.8, 4) is 11.5 Å². The lowest BCUT2D eigenvalue weighted by molar-refractivity contribution is -0.149. The van der Waals surface area contributed by atoms with Gasteiger partial charge < -0.3 is 14.2 Å². The number of hydrogen-bond donors (Lipinski definition) is 0. The van der Waals surface area contributed by atoms with Crippen molar-refractivity contribution in [1.29, 1.82) is 0 Å². The van der Waals surface area contributed by atoms with Gasteiger partial charge >= 0.3 is 12.6 Å². The predicted octanol–water partition coefficient (Wildman–Crippen LogP) is 6.93. The monoisotopic (exact) mass is 779 g/mol. The van der Waals surface area contributed by atoms with Crippen LogP contribution in [0.1, 0.15) is 55.7 Å². The van der Waals surface area contributed by atoms with Crippen LogP contribution in [0.4, 0.5) is 14.5 Å². The van der Waals surface area contributed by atoms with Crippen molar-refractivity contribution in [2.75, 3.05) is 23.7 Å². The van der Waals surface area contributed by atoms with Gasteiger partial charge in [0.05, 0.1) is 46.3 Å². The van der Waals surface area contributed by atoms with Crippen LogP contribution in [0.15, 0.2) is 66.3 Å². The van der Waals surface area contributed by atoms with Gasteiger partial charge in [-0.1, -0.05) is 35.3 Å². The number of carbonyl (C=O) groups excluding carboxylic acids is 3. The van der Waals surface area contributed by atoms with E-state index in [-0.39, 0.29) is 63.8 Å². The maximum atomic E-state index is 13.5. The van der Waals surface area contributed by atoms with E-state index >= 15 is 0 Å². The van der Waals surface area contributed by atoms with Gasteiger partial charge in [-0.2, -0.15) is 8.78 Å². The minimum absolute atomic E-state index is 0.00559. The summed E-state index contributed by atoms with van der Waals surface area (Å²) in [5.74, 6) is -2.51. The van der Waals surface area contributed by atoms with Gasteiger partial charge in [0, 0.05) is 23.7 Å². The van der Waals surface area contributed by atoms with Gasteiger partial charge in [0.15, 0.2) is 11.5 Å². The van der Waals surface area contributed by atoms with Crippen LogP contribution in [-0.4, -0.2) is 62.1 Å². The quantitative estimate of drug-likeness (QED) is 0.0931. The van der Waals surface area contributed by atoms with Crippen LogP contribution in [0.5, 0.6) is 11.5 Å². The van der Waals surface area contributed by atoms with E-state index in [9.17, 15) is 31.6 Å². The summed E-state index contributed by atoms with van der Waals surface area (Å²) in [4.78, 5) is 45.8. The summed E-state index contributed by atoms with van der Waals surface area (Å²) in [5.41, 5.74) is 0.744. The summed E-state index contributed by atoms with van der Waals surface area (Å²) in [6.07, 6.45) is 4.37. The number of rotatable bonds is 15. The molecule has 0 radical (unpaired) electrons. The largest absolute Gasteiger partial charge is 0.489 e. The van der Waals surface area contributed by atoms with E-state index in [0.29, 0.717) is 16.0 Å². The molecule has 1 aliphatic carbocycles. The number of sulfonamides is 1. The summed E-state index contributed by atoms with van der Waals surface area (Å²) >= 11 is 14.1. The minimum Gasteiger partial charge on any atom is -0.489 e. The highest BCUT2D eigenvalue weighted by molar-refractivity contribution is 7.92. The molecule has 11 nitrogen and oxygen atoms in total. The third-order valence-electron chi connectivity index (χ3n) is 8.15. The Bertz CT molecular complexity index is 2060. The molecule has 2 aromatic heterocycles. The number of thiophene rings is 1. The van der Waals surface area contributed by atoms with E-state index in [1.54, 1.807) is 17.5 Å². The van der Waals surface area contributed by atoms with Gasteiger partial charge in [-0.15, -0.1) is 11.3 Å². The van der Waals surface area contributed by atoms with Gasteiger partial charge in [0.2, 0.25) is 10.0 Å². The number of esters is 1. The van der Waals surface area contributed by atoms with E-state index in [4.69, 9.17) is 32.7 Å². The number of hydrogen-bond acceptors (Lipinski definition) is 10. The first kappa shape index (κ1) is 36.5. The molecular weight excluding hydrogens is 751 g/mol. The first-order valence-electron chi connectivity index (χ1n) is 15.5. The van der Waals surface area contributed by atoms with E-state index < -0.39 is 47.1 Å². The van der Waals surface area contributed by atoms with Crippen LogP contribution >= 0.6 is 34.5 Å². The number of pyridine rings is 1. The molecule has 6 rings (SSSR count). The smallest absolute Gasteiger partial charge is 0.387 e. The number of benzene rings is 2. The molecule has 17 heteroatoms. The number of ether oxygens (including phenoxy) is 3. The lowest BCUT2D eigenvalue weighted by atomic mass is 10.0. The zero-order valence-corrected chi connectivity index (χ0v) is 29.9. The van der Waals surface area contributed by atoms with Crippen LogP contribution in [0.3, 0.4) is 0 Å². The van der Waals surface area contributed by atoms with Crippen LogP contribution in [0, 0.1) is 5.92 Å². The number of alkyl halides is 2.